The van der Waals surface area contributed by atoms with Gasteiger partial charge >= 0.3 is 0 Å². The van der Waals surface area contributed by atoms with E-state index in [1.807, 2.05) is 12.1 Å². The van der Waals surface area contributed by atoms with Crippen LogP contribution in [-0.2, 0) is 0 Å². The largest absolute Gasteiger partial charge is 0.495 e. The minimum absolute atomic E-state index is 0.237. The highest BCUT2D eigenvalue weighted by molar-refractivity contribution is 6.05. The number of carbonyl (C=O) groups is 1. The molecule has 2 rings (SSSR count). The van der Waals surface area contributed by atoms with Crippen LogP contribution in [0.4, 0.5) is 5.69 Å². The standard InChI is InChI=1S/C14H14N2O3/c1-16(11-7-3-4-8-12(11)19-2)14(18)10-6-5-9-13(17)15-10/h3-9H,1-2H3,(H,15,17). The predicted octanol–water partition coefficient (Wildman–Crippen LogP) is 1.66. The van der Waals surface area contributed by atoms with Gasteiger partial charge in [-0.3, -0.25) is 9.59 Å². The number of anilines is 1. The Labute approximate surface area is 110 Å². The van der Waals surface area contributed by atoms with E-state index >= 15 is 0 Å². The van der Waals surface area contributed by atoms with Crippen molar-refractivity contribution in [1.82, 2.24) is 4.98 Å². The molecule has 0 aliphatic carbocycles. The van der Waals surface area contributed by atoms with Crippen molar-refractivity contribution < 1.29 is 9.53 Å². The van der Waals surface area contributed by atoms with Gasteiger partial charge in [-0.15, -0.1) is 0 Å². The molecule has 98 valence electrons. The highest BCUT2D eigenvalue weighted by atomic mass is 16.5. The van der Waals surface area contributed by atoms with Gasteiger partial charge in [0.15, 0.2) is 0 Å². The molecule has 0 saturated heterocycles. The van der Waals surface area contributed by atoms with E-state index in [1.165, 1.54) is 11.0 Å². The summed E-state index contributed by atoms with van der Waals surface area (Å²) in [6, 6.07) is 11.7. The Hall–Kier alpha value is -2.56. The number of nitrogens with one attached hydrogen (secondary N) is 1. The zero-order valence-electron chi connectivity index (χ0n) is 10.7. The summed E-state index contributed by atoms with van der Waals surface area (Å²) in [4.78, 5) is 27.4. The van der Waals surface area contributed by atoms with Gasteiger partial charge in [-0.2, -0.15) is 0 Å². The summed E-state index contributed by atoms with van der Waals surface area (Å²) in [5, 5.41) is 0. The van der Waals surface area contributed by atoms with Gasteiger partial charge in [0.25, 0.3) is 5.91 Å². The lowest BCUT2D eigenvalue weighted by atomic mass is 10.2. The lowest BCUT2D eigenvalue weighted by molar-refractivity contribution is 0.0987. The Morgan fingerprint density at radius 3 is 2.58 bits per heavy atom. The van der Waals surface area contributed by atoms with Gasteiger partial charge in [0.1, 0.15) is 11.4 Å². The Balaban J connectivity index is 2.36. The second kappa shape index (κ2) is 5.39. The first-order valence-electron chi connectivity index (χ1n) is 5.74. The van der Waals surface area contributed by atoms with E-state index in [4.69, 9.17) is 4.74 Å². The smallest absolute Gasteiger partial charge is 0.274 e. The quantitative estimate of drug-likeness (QED) is 0.910. The average molecular weight is 258 g/mol. The first kappa shape index (κ1) is 12.9. The van der Waals surface area contributed by atoms with Gasteiger partial charge in [-0.1, -0.05) is 18.2 Å². The molecule has 1 aromatic heterocycles. The van der Waals surface area contributed by atoms with Crippen molar-refractivity contribution in [2.24, 2.45) is 0 Å². The number of aromatic nitrogens is 1. The van der Waals surface area contributed by atoms with Crippen LogP contribution in [0.3, 0.4) is 0 Å². The molecule has 1 amide bonds. The third-order valence-corrected chi connectivity index (χ3v) is 2.75. The molecule has 0 aliphatic heterocycles. The van der Waals surface area contributed by atoms with Gasteiger partial charge < -0.3 is 14.6 Å². The molecule has 5 heteroatoms. The van der Waals surface area contributed by atoms with Crippen LogP contribution in [0.25, 0.3) is 0 Å². The number of para-hydroxylation sites is 2. The number of benzene rings is 1. The van der Waals surface area contributed by atoms with Crippen LogP contribution in [-0.4, -0.2) is 25.0 Å². The van der Waals surface area contributed by atoms with E-state index in [0.29, 0.717) is 11.4 Å². The van der Waals surface area contributed by atoms with Gasteiger partial charge in [-0.05, 0) is 18.2 Å². The van der Waals surface area contributed by atoms with Crippen molar-refractivity contribution in [3.8, 4) is 5.75 Å². The van der Waals surface area contributed by atoms with Crippen molar-refractivity contribution in [1.29, 1.82) is 0 Å². The Kier molecular flexibility index (Phi) is 3.66. The number of aromatic amines is 1. The van der Waals surface area contributed by atoms with Gasteiger partial charge in [0.05, 0.1) is 12.8 Å². The van der Waals surface area contributed by atoms with E-state index in [-0.39, 0.29) is 17.2 Å². The Bertz CT molecular complexity index is 649. The molecular weight excluding hydrogens is 244 g/mol. The average Bonchev–Trinajstić information content (AvgIpc) is 2.45. The Morgan fingerprint density at radius 1 is 1.16 bits per heavy atom. The number of pyridine rings is 1. The van der Waals surface area contributed by atoms with Crippen LogP contribution < -0.4 is 15.2 Å². The monoisotopic (exact) mass is 258 g/mol. The maximum absolute atomic E-state index is 12.3. The fourth-order valence-corrected chi connectivity index (χ4v) is 1.77. The van der Waals surface area contributed by atoms with Crippen molar-refractivity contribution in [3.63, 3.8) is 0 Å². The fourth-order valence-electron chi connectivity index (χ4n) is 1.77. The molecule has 1 aromatic carbocycles. The molecule has 0 atom stereocenters. The predicted molar refractivity (Wildman–Crippen MR) is 72.8 cm³/mol. The maximum atomic E-state index is 12.3. The number of H-pyrrole nitrogens is 1. The van der Waals surface area contributed by atoms with E-state index in [1.54, 1.807) is 38.4 Å². The second-order valence-electron chi connectivity index (χ2n) is 3.96. The molecule has 0 fully saturated rings. The molecular formula is C14H14N2O3. The third-order valence-electron chi connectivity index (χ3n) is 2.75. The highest BCUT2D eigenvalue weighted by Gasteiger charge is 2.17. The first-order valence-corrected chi connectivity index (χ1v) is 5.74. The number of methoxy groups -OCH3 is 1. The normalized spacial score (nSPS) is 10.0. The van der Waals surface area contributed by atoms with Gasteiger partial charge in [0, 0.05) is 13.1 Å². The van der Waals surface area contributed by atoms with Crippen molar-refractivity contribution in [2.75, 3.05) is 19.1 Å². The number of rotatable bonds is 3. The van der Waals surface area contributed by atoms with Crippen LogP contribution >= 0.6 is 0 Å². The molecule has 0 bridgehead atoms. The number of nitrogens with zero attached hydrogens (tertiary/aromatic N) is 1. The molecule has 1 N–H and O–H groups in total. The summed E-state index contributed by atoms with van der Waals surface area (Å²) >= 11 is 0. The second-order valence-corrected chi connectivity index (χ2v) is 3.96. The topological polar surface area (TPSA) is 62.4 Å². The molecule has 19 heavy (non-hydrogen) atoms. The molecule has 0 saturated carbocycles. The zero-order valence-corrected chi connectivity index (χ0v) is 10.7. The maximum Gasteiger partial charge on any atom is 0.274 e. The summed E-state index contributed by atoms with van der Waals surface area (Å²) in [6.07, 6.45) is 0. The summed E-state index contributed by atoms with van der Waals surface area (Å²) in [6.45, 7) is 0. The van der Waals surface area contributed by atoms with Crippen LogP contribution in [0.5, 0.6) is 5.75 Å². The molecule has 2 aromatic rings. The first-order chi connectivity index (χ1) is 9.13. The molecule has 5 nitrogen and oxygen atoms in total. The van der Waals surface area contributed by atoms with Crippen molar-refractivity contribution >= 4 is 11.6 Å². The number of amides is 1. The van der Waals surface area contributed by atoms with E-state index in [2.05, 4.69) is 4.98 Å². The van der Waals surface area contributed by atoms with Crippen molar-refractivity contribution in [3.05, 3.63) is 58.5 Å². The Morgan fingerprint density at radius 2 is 1.89 bits per heavy atom. The number of hydrogen-bond donors (Lipinski definition) is 1. The number of hydrogen-bond acceptors (Lipinski definition) is 3. The summed E-state index contributed by atoms with van der Waals surface area (Å²) in [5.74, 6) is 0.291. The van der Waals surface area contributed by atoms with Crippen LogP contribution in [0.2, 0.25) is 0 Å². The van der Waals surface area contributed by atoms with E-state index in [0.717, 1.165) is 0 Å². The van der Waals surface area contributed by atoms with Gasteiger partial charge in [-0.25, -0.2) is 0 Å². The highest BCUT2D eigenvalue weighted by Crippen LogP contribution is 2.27. The summed E-state index contributed by atoms with van der Waals surface area (Å²) < 4.78 is 5.21. The van der Waals surface area contributed by atoms with Crippen LogP contribution in [0.15, 0.2) is 47.3 Å². The van der Waals surface area contributed by atoms with Gasteiger partial charge in [0.2, 0.25) is 5.56 Å². The van der Waals surface area contributed by atoms with E-state index < -0.39 is 0 Å². The SMILES string of the molecule is COc1ccccc1N(C)C(=O)c1cccc(=O)[nH]1. The van der Waals surface area contributed by atoms with E-state index in [9.17, 15) is 9.59 Å². The van der Waals surface area contributed by atoms with Crippen LogP contribution in [0, 0.1) is 0 Å². The molecule has 1 heterocycles. The molecule has 0 aliphatic rings. The minimum atomic E-state index is -0.306. The summed E-state index contributed by atoms with van der Waals surface area (Å²) in [5.41, 5.74) is 0.569. The molecule has 0 radical (unpaired) electrons. The number of carbonyl (C=O) groups excluding carboxylic acids is 1. The molecule has 0 unspecified atom stereocenters. The third kappa shape index (κ3) is 2.65. The summed E-state index contributed by atoms with van der Waals surface area (Å²) in [7, 11) is 3.17. The fraction of sp³-hybridized carbons (Fsp3) is 0.143. The lowest BCUT2D eigenvalue weighted by Crippen LogP contribution is -2.28. The molecule has 0 spiro atoms. The zero-order chi connectivity index (χ0) is 13.8. The van der Waals surface area contributed by atoms with Crippen LogP contribution in [0.1, 0.15) is 10.5 Å². The number of ether oxygens (including phenoxy) is 1. The lowest BCUT2D eigenvalue weighted by Gasteiger charge is -2.19. The van der Waals surface area contributed by atoms with Crippen molar-refractivity contribution in [2.45, 2.75) is 0 Å². The minimum Gasteiger partial charge on any atom is -0.495 e.